The van der Waals surface area contributed by atoms with Gasteiger partial charge in [0.05, 0.1) is 18.6 Å². The summed E-state index contributed by atoms with van der Waals surface area (Å²) in [6, 6.07) is 14.2. The van der Waals surface area contributed by atoms with E-state index in [4.69, 9.17) is 18.6 Å². The molecule has 0 saturated carbocycles. The number of benzene rings is 2. The van der Waals surface area contributed by atoms with Gasteiger partial charge in [-0.05, 0) is 24.6 Å². The summed E-state index contributed by atoms with van der Waals surface area (Å²) in [5, 5.41) is 13.8. The molecule has 1 nitrogen and oxygen atoms in total. The van der Waals surface area contributed by atoms with Gasteiger partial charge in [-0.2, -0.15) is 0 Å². The number of hydrogen-bond donors (Lipinski definition) is 1. The molecule has 0 aromatic heterocycles. The summed E-state index contributed by atoms with van der Waals surface area (Å²) in [5.74, 6) is 0.408. The zero-order valence-electron chi connectivity index (χ0n) is 12.2. The van der Waals surface area contributed by atoms with Gasteiger partial charge in [-0.3, -0.25) is 0 Å². The van der Waals surface area contributed by atoms with Gasteiger partial charge in [0.2, 0.25) is 0 Å². The Morgan fingerprint density at radius 1 is 1.05 bits per heavy atom. The van der Waals surface area contributed by atoms with Crippen molar-refractivity contribution >= 4 is 51.0 Å². The van der Waals surface area contributed by atoms with E-state index in [0.717, 1.165) is 5.30 Å². The van der Waals surface area contributed by atoms with E-state index >= 15 is 0 Å². The second-order valence-corrected chi connectivity index (χ2v) is 11.1. The van der Waals surface area contributed by atoms with Crippen molar-refractivity contribution in [1.29, 1.82) is 0 Å². The molecule has 2 aromatic carbocycles. The topological polar surface area (TPSA) is 20.2 Å². The predicted molar refractivity (Wildman–Crippen MR) is 98.4 cm³/mol. The van der Waals surface area contributed by atoms with Crippen LogP contribution in [0.5, 0.6) is 5.75 Å². The molecule has 0 heterocycles. The van der Waals surface area contributed by atoms with E-state index in [9.17, 15) is 5.11 Å². The summed E-state index contributed by atoms with van der Waals surface area (Å²) in [4.78, 5) is 0. The molecule has 0 aliphatic carbocycles. The molecule has 0 radical (unpaired) electrons. The Kier molecular flexibility index (Phi) is 9.46. The fraction of sp³-hybridized carbons (Fsp3) is 0.200. The first-order valence-electron chi connectivity index (χ1n) is 6.42. The van der Waals surface area contributed by atoms with Crippen LogP contribution in [0.15, 0.2) is 42.5 Å². The predicted octanol–water partition coefficient (Wildman–Crippen LogP) is 3.81. The van der Waals surface area contributed by atoms with Gasteiger partial charge in [-0.25, -0.2) is 0 Å². The Morgan fingerprint density at radius 2 is 1.67 bits per heavy atom. The minimum absolute atomic E-state index is 0.408. The molecule has 0 spiro atoms. The van der Waals surface area contributed by atoms with Crippen LogP contribution in [0.4, 0.5) is 0 Å². The molecule has 1 unspecified atom stereocenters. The quantitative estimate of drug-likeness (QED) is 0.619. The molecular formula is C15H19Cl2OP2Ti+. The molecule has 21 heavy (non-hydrogen) atoms. The van der Waals surface area contributed by atoms with Crippen LogP contribution in [0, 0.1) is 6.92 Å². The van der Waals surface area contributed by atoms with Crippen molar-refractivity contribution in [1.82, 2.24) is 0 Å². The van der Waals surface area contributed by atoms with Gasteiger partial charge >= 0.3 is 35.6 Å². The van der Waals surface area contributed by atoms with Crippen LogP contribution < -0.4 is 15.9 Å². The Bertz CT molecular complexity index is 579. The second-order valence-electron chi connectivity index (χ2n) is 4.71. The standard InChI is InChI=1S/C15H18OP2.2ClH.Ti/c1-11-7-6-10-14(18(2)3)15(11)17-13-9-5-4-8-12(13)16;;;/h4-10,16-17H,1-3H3;2*1H;/q;;;+2/p-1. The van der Waals surface area contributed by atoms with E-state index in [1.807, 2.05) is 18.2 Å². The Labute approximate surface area is 146 Å². The van der Waals surface area contributed by atoms with Crippen molar-refractivity contribution in [2.24, 2.45) is 0 Å². The maximum absolute atomic E-state index is 9.91. The molecule has 1 N–H and O–H groups in total. The van der Waals surface area contributed by atoms with Crippen LogP contribution in [-0.2, 0) is 17.0 Å². The number of para-hydroxylation sites is 1. The molecule has 0 saturated heterocycles. The summed E-state index contributed by atoms with van der Waals surface area (Å²) >= 11 is -0.556. The third kappa shape index (κ3) is 6.19. The van der Waals surface area contributed by atoms with Crippen molar-refractivity contribution in [2.45, 2.75) is 6.92 Å². The molecule has 0 aliphatic rings. The number of hydrogen-bond acceptors (Lipinski definition) is 1. The summed E-state index contributed by atoms with van der Waals surface area (Å²) in [6.07, 6.45) is 0. The van der Waals surface area contributed by atoms with Gasteiger partial charge in [0, 0.05) is 18.5 Å². The minimum atomic E-state index is -0.556. The average molecular weight is 396 g/mol. The second kappa shape index (κ2) is 10.2. The molecule has 0 bridgehead atoms. The number of aryl methyl sites for hydroxylation is 1. The van der Waals surface area contributed by atoms with Crippen molar-refractivity contribution in [3.63, 3.8) is 0 Å². The number of halogens is 2. The maximum atomic E-state index is 9.91. The van der Waals surface area contributed by atoms with Gasteiger partial charge < -0.3 is 5.11 Å². The van der Waals surface area contributed by atoms with E-state index < -0.39 is 25.0 Å². The molecule has 0 amide bonds. The monoisotopic (exact) mass is 395 g/mol. The summed E-state index contributed by atoms with van der Waals surface area (Å²) < 4.78 is 0. The van der Waals surface area contributed by atoms with Gasteiger partial charge in [-0.15, -0.1) is 0 Å². The number of aromatic hydroxyl groups is 1. The van der Waals surface area contributed by atoms with Gasteiger partial charge in [0.15, 0.2) is 0 Å². The van der Waals surface area contributed by atoms with E-state index in [2.05, 4.69) is 38.5 Å². The van der Waals surface area contributed by atoms with E-state index in [1.165, 1.54) is 16.2 Å². The summed E-state index contributed by atoms with van der Waals surface area (Å²) in [6.45, 7) is 6.80. The molecule has 2 aromatic rings. The molecule has 6 heteroatoms. The van der Waals surface area contributed by atoms with Crippen molar-refractivity contribution < 1.29 is 22.1 Å². The van der Waals surface area contributed by atoms with Crippen LogP contribution in [0.2, 0.25) is 0 Å². The first kappa shape index (κ1) is 19.4. The Hall–Kier alpha value is 0.394. The van der Waals surface area contributed by atoms with Crippen LogP contribution >= 0.6 is 35.1 Å². The number of phenolic OH excluding ortho intramolecular Hbond substituents is 1. The normalized spacial score (nSPS) is 10.6. The fourth-order valence-electron chi connectivity index (χ4n) is 1.96. The Balaban J connectivity index is 0.000000677. The molecule has 0 aliphatic heterocycles. The van der Waals surface area contributed by atoms with Crippen LogP contribution in [0.3, 0.4) is 0 Å². The van der Waals surface area contributed by atoms with E-state index in [-0.39, 0.29) is 0 Å². The zero-order valence-corrected chi connectivity index (χ0v) is 17.3. The van der Waals surface area contributed by atoms with Crippen molar-refractivity contribution in [3.8, 4) is 5.75 Å². The average Bonchev–Trinajstić information content (AvgIpc) is 2.44. The fourth-order valence-corrected chi connectivity index (χ4v) is 5.19. The molecule has 2 rings (SSSR count). The first-order chi connectivity index (χ1) is 10.0. The van der Waals surface area contributed by atoms with Gasteiger partial charge in [-0.1, -0.05) is 38.9 Å². The van der Waals surface area contributed by atoms with E-state index in [0.29, 0.717) is 14.3 Å². The summed E-state index contributed by atoms with van der Waals surface area (Å²) in [5.41, 5.74) is 1.33. The third-order valence-electron chi connectivity index (χ3n) is 2.98. The van der Waals surface area contributed by atoms with E-state index in [1.54, 1.807) is 6.07 Å². The molecule has 1 atom stereocenters. The molecule has 112 valence electrons. The van der Waals surface area contributed by atoms with Crippen LogP contribution in [0.25, 0.3) is 0 Å². The summed E-state index contributed by atoms with van der Waals surface area (Å²) in [7, 11) is 9.85. The van der Waals surface area contributed by atoms with Crippen molar-refractivity contribution in [3.05, 3.63) is 48.0 Å². The van der Waals surface area contributed by atoms with Crippen LogP contribution in [-0.4, -0.2) is 18.4 Å². The zero-order chi connectivity index (χ0) is 15.8. The molecular weight excluding hydrogens is 377 g/mol. The van der Waals surface area contributed by atoms with Crippen LogP contribution in [0.1, 0.15) is 5.56 Å². The first-order valence-corrected chi connectivity index (χ1v) is 14.2. The Morgan fingerprint density at radius 3 is 2.24 bits per heavy atom. The number of phenols is 1. The molecule has 0 fully saturated rings. The number of rotatable bonds is 3. The van der Waals surface area contributed by atoms with Gasteiger partial charge in [0.1, 0.15) is 5.75 Å². The SMILES string of the molecule is Cc1cccc([PH+](C)C)c1Pc1ccccc1O.[Cl][Ti][Cl]. The van der Waals surface area contributed by atoms with Crippen molar-refractivity contribution in [2.75, 3.05) is 13.3 Å². The van der Waals surface area contributed by atoms with Gasteiger partial charge in [0.25, 0.3) is 0 Å². The third-order valence-corrected chi connectivity index (χ3v) is 6.33.